The van der Waals surface area contributed by atoms with Crippen LogP contribution in [0.1, 0.15) is 12.6 Å². The highest BCUT2D eigenvalue weighted by atomic mass is 79.9. The van der Waals surface area contributed by atoms with Gasteiger partial charge in [0.05, 0.1) is 18.7 Å². The molecule has 0 spiro atoms. The van der Waals surface area contributed by atoms with Crippen LogP contribution in [0.15, 0.2) is 34.1 Å². The molecule has 0 aliphatic carbocycles. The van der Waals surface area contributed by atoms with Crippen molar-refractivity contribution in [1.29, 1.82) is 0 Å². The van der Waals surface area contributed by atoms with E-state index in [-0.39, 0.29) is 24.7 Å². The summed E-state index contributed by atoms with van der Waals surface area (Å²) < 4.78 is 5.70. The number of nitrogens with zero attached hydrogens (tertiary/aromatic N) is 3. The average Bonchev–Trinajstić information content (AvgIpc) is 3.21. The van der Waals surface area contributed by atoms with Gasteiger partial charge in [-0.25, -0.2) is 9.78 Å². The first-order valence-corrected chi connectivity index (χ1v) is 10.3. The second-order valence-electron chi connectivity index (χ2n) is 6.00. The number of amides is 4. The standard InChI is InChI=1S/C18H17BrN4O5S/c1-2-28-16(26)7-12-10-29-17(20-12)21-14(24)8-23-15(25)9-22(18(23)27)13-5-3-11(19)4-6-13/h3-6,10H,2,7-9H2,1H3,(H,20,21,24). The maximum absolute atomic E-state index is 12.6. The molecule has 0 unspecified atom stereocenters. The Morgan fingerprint density at radius 3 is 2.69 bits per heavy atom. The lowest BCUT2D eigenvalue weighted by molar-refractivity contribution is -0.142. The molecule has 1 aliphatic heterocycles. The minimum atomic E-state index is -0.561. The van der Waals surface area contributed by atoms with E-state index in [1.165, 1.54) is 4.90 Å². The topological polar surface area (TPSA) is 109 Å². The molecule has 11 heteroatoms. The predicted molar refractivity (Wildman–Crippen MR) is 110 cm³/mol. The van der Waals surface area contributed by atoms with Crippen molar-refractivity contribution in [3.63, 3.8) is 0 Å². The summed E-state index contributed by atoms with van der Waals surface area (Å²) in [6, 6.07) is 6.38. The number of halogens is 1. The molecule has 0 bridgehead atoms. The molecule has 0 atom stereocenters. The summed E-state index contributed by atoms with van der Waals surface area (Å²) in [5.41, 5.74) is 1.04. The van der Waals surface area contributed by atoms with Gasteiger partial charge < -0.3 is 10.1 Å². The third-order valence-corrected chi connectivity index (χ3v) is 5.26. The van der Waals surface area contributed by atoms with Gasteiger partial charge in [0, 0.05) is 15.5 Å². The van der Waals surface area contributed by atoms with Gasteiger partial charge in [0.25, 0.3) is 5.91 Å². The van der Waals surface area contributed by atoms with Crippen LogP contribution in [-0.2, 0) is 25.5 Å². The van der Waals surface area contributed by atoms with Crippen molar-refractivity contribution in [3.8, 4) is 0 Å². The number of carbonyl (C=O) groups is 4. The summed E-state index contributed by atoms with van der Waals surface area (Å²) in [5, 5.41) is 4.45. The maximum Gasteiger partial charge on any atom is 0.332 e. The summed E-state index contributed by atoms with van der Waals surface area (Å²) in [7, 11) is 0. The summed E-state index contributed by atoms with van der Waals surface area (Å²) >= 11 is 4.46. The third kappa shape index (κ3) is 5.18. The molecule has 2 aromatic rings. The van der Waals surface area contributed by atoms with E-state index in [9.17, 15) is 19.2 Å². The van der Waals surface area contributed by atoms with Gasteiger partial charge in [0.1, 0.15) is 13.1 Å². The van der Waals surface area contributed by atoms with E-state index in [4.69, 9.17) is 4.74 Å². The van der Waals surface area contributed by atoms with Gasteiger partial charge in [-0.3, -0.25) is 24.2 Å². The fourth-order valence-electron chi connectivity index (χ4n) is 2.63. The number of anilines is 2. The molecule has 9 nitrogen and oxygen atoms in total. The SMILES string of the molecule is CCOC(=O)Cc1csc(NC(=O)CN2C(=O)CN(c3ccc(Br)cc3)C2=O)n1. The lowest BCUT2D eigenvalue weighted by atomic mass is 10.3. The molecule has 1 aromatic carbocycles. The van der Waals surface area contributed by atoms with Crippen molar-refractivity contribution in [2.45, 2.75) is 13.3 Å². The number of esters is 1. The molecule has 1 aliphatic rings. The van der Waals surface area contributed by atoms with Crippen molar-refractivity contribution in [2.24, 2.45) is 0 Å². The second kappa shape index (κ2) is 9.14. The van der Waals surface area contributed by atoms with Gasteiger partial charge in [-0.15, -0.1) is 11.3 Å². The number of thiazole rings is 1. The smallest absolute Gasteiger partial charge is 0.332 e. The van der Waals surface area contributed by atoms with Crippen LogP contribution in [0.3, 0.4) is 0 Å². The van der Waals surface area contributed by atoms with Gasteiger partial charge in [0.2, 0.25) is 5.91 Å². The van der Waals surface area contributed by atoms with Gasteiger partial charge in [-0.1, -0.05) is 15.9 Å². The van der Waals surface area contributed by atoms with Crippen LogP contribution < -0.4 is 10.2 Å². The molecule has 2 heterocycles. The fourth-order valence-corrected chi connectivity index (χ4v) is 3.62. The minimum absolute atomic E-state index is 0.00541. The Balaban J connectivity index is 1.58. The summed E-state index contributed by atoms with van der Waals surface area (Å²) in [6.45, 7) is 1.44. The Labute approximate surface area is 178 Å². The molecular weight excluding hydrogens is 464 g/mol. The molecule has 1 saturated heterocycles. The predicted octanol–water partition coefficient (Wildman–Crippen LogP) is 2.42. The van der Waals surface area contributed by atoms with Crippen molar-refractivity contribution >= 4 is 61.9 Å². The van der Waals surface area contributed by atoms with Crippen LogP contribution in [0.5, 0.6) is 0 Å². The number of rotatable bonds is 7. The van der Waals surface area contributed by atoms with Crippen LogP contribution >= 0.6 is 27.3 Å². The first-order chi connectivity index (χ1) is 13.9. The van der Waals surface area contributed by atoms with Crippen molar-refractivity contribution in [3.05, 3.63) is 39.8 Å². The average molecular weight is 481 g/mol. The Hall–Kier alpha value is -2.79. The molecule has 0 radical (unpaired) electrons. The molecule has 3 rings (SSSR count). The molecule has 1 N–H and O–H groups in total. The fraction of sp³-hybridized carbons (Fsp3) is 0.278. The lowest BCUT2D eigenvalue weighted by Gasteiger charge is -2.16. The number of aromatic nitrogens is 1. The first-order valence-electron chi connectivity index (χ1n) is 8.64. The highest BCUT2D eigenvalue weighted by Gasteiger charge is 2.38. The van der Waals surface area contributed by atoms with Crippen LogP contribution in [-0.4, -0.2) is 53.4 Å². The molecule has 1 fully saturated rings. The zero-order valence-corrected chi connectivity index (χ0v) is 17.8. The van der Waals surface area contributed by atoms with E-state index in [1.54, 1.807) is 36.6 Å². The molecule has 29 heavy (non-hydrogen) atoms. The lowest BCUT2D eigenvalue weighted by Crippen LogP contribution is -2.39. The number of urea groups is 1. The van der Waals surface area contributed by atoms with E-state index in [2.05, 4.69) is 26.2 Å². The van der Waals surface area contributed by atoms with Gasteiger partial charge in [-0.05, 0) is 31.2 Å². The summed E-state index contributed by atoms with van der Waals surface area (Å²) in [5.74, 6) is -1.42. The Kier molecular flexibility index (Phi) is 6.60. The van der Waals surface area contributed by atoms with Crippen LogP contribution in [0, 0.1) is 0 Å². The molecular formula is C18H17BrN4O5S. The van der Waals surface area contributed by atoms with E-state index in [0.717, 1.165) is 20.7 Å². The number of benzene rings is 1. The largest absolute Gasteiger partial charge is 0.466 e. The molecule has 4 amide bonds. The number of hydrogen-bond acceptors (Lipinski definition) is 7. The quantitative estimate of drug-likeness (QED) is 0.481. The van der Waals surface area contributed by atoms with Gasteiger partial charge in [0.15, 0.2) is 5.13 Å². The van der Waals surface area contributed by atoms with Gasteiger partial charge in [-0.2, -0.15) is 0 Å². The van der Waals surface area contributed by atoms with Crippen LogP contribution in [0.2, 0.25) is 0 Å². The monoisotopic (exact) mass is 480 g/mol. The van der Waals surface area contributed by atoms with Crippen LogP contribution in [0.4, 0.5) is 15.6 Å². The highest BCUT2D eigenvalue weighted by Crippen LogP contribution is 2.23. The zero-order chi connectivity index (χ0) is 21.0. The molecule has 0 saturated carbocycles. The van der Waals surface area contributed by atoms with Crippen LogP contribution in [0.25, 0.3) is 0 Å². The minimum Gasteiger partial charge on any atom is -0.466 e. The van der Waals surface area contributed by atoms with Crippen molar-refractivity contribution in [2.75, 3.05) is 29.9 Å². The van der Waals surface area contributed by atoms with E-state index >= 15 is 0 Å². The first kappa shape index (κ1) is 20.9. The maximum atomic E-state index is 12.6. The highest BCUT2D eigenvalue weighted by molar-refractivity contribution is 9.10. The number of imide groups is 1. The summed E-state index contributed by atoms with van der Waals surface area (Å²) in [6.07, 6.45) is 0.00541. The normalized spacial score (nSPS) is 13.7. The van der Waals surface area contributed by atoms with Gasteiger partial charge >= 0.3 is 12.0 Å². The van der Waals surface area contributed by atoms with E-state index in [0.29, 0.717) is 11.4 Å². The second-order valence-corrected chi connectivity index (χ2v) is 7.77. The van der Waals surface area contributed by atoms with E-state index < -0.39 is 30.4 Å². The molecule has 1 aromatic heterocycles. The van der Waals surface area contributed by atoms with Crippen molar-refractivity contribution in [1.82, 2.24) is 9.88 Å². The Morgan fingerprint density at radius 1 is 1.28 bits per heavy atom. The number of nitrogens with one attached hydrogen (secondary N) is 1. The molecule has 152 valence electrons. The number of hydrogen-bond donors (Lipinski definition) is 1. The Morgan fingerprint density at radius 2 is 2.00 bits per heavy atom. The Bertz CT molecular complexity index is 946. The number of ether oxygens (including phenoxy) is 1. The number of carbonyl (C=O) groups excluding carboxylic acids is 4. The zero-order valence-electron chi connectivity index (χ0n) is 15.4. The van der Waals surface area contributed by atoms with Crippen molar-refractivity contribution < 1.29 is 23.9 Å². The third-order valence-electron chi connectivity index (χ3n) is 3.93. The summed E-state index contributed by atoms with van der Waals surface area (Å²) in [4.78, 5) is 54.9. The van der Waals surface area contributed by atoms with E-state index in [1.807, 2.05) is 0 Å².